The van der Waals surface area contributed by atoms with Crippen molar-refractivity contribution in [2.45, 2.75) is 55.9 Å². The van der Waals surface area contributed by atoms with Crippen LogP contribution in [0.25, 0.3) is 0 Å². The topological polar surface area (TPSA) is 82.3 Å². The van der Waals surface area contributed by atoms with E-state index in [2.05, 4.69) is 44.6 Å². The van der Waals surface area contributed by atoms with Crippen LogP contribution >= 0.6 is 11.8 Å². The minimum atomic E-state index is 0.450. The van der Waals surface area contributed by atoms with Gasteiger partial charge in [-0.15, -0.1) is 10.2 Å². The molecule has 8 heteroatoms. The van der Waals surface area contributed by atoms with E-state index in [0.717, 1.165) is 42.2 Å². The molecule has 2 aromatic rings. The minimum Gasteiger partial charge on any atom is -0.224 e. The largest absolute Gasteiger partial charge is 0.224 e. The second-order valence-corrected chi connectivity index (χ2v) is 5.37. The summed E-state index contributed by atoms with van der Waals surface area (Å²) in [6.07, 6.45) is 4.01. The zero-order chi connectivity index (χ0) is 13.2. The zero-order valence-electron chi connectivity index (χ0n) is 10.9. The summed E-state index contributed by atoms with van der Waals surface area (Å²) in [4.78, 5) is 4.54. The first kappa shape index (κ1) is 12.5. The summed E-state index contributed by atoms with van der Waals surface area (Å²) in [7, 11) is 0. The van der Waals surface area contributed by atoms with Crippen molar-refractivity contribution in [3.63, 3.8) is 0 Å². The predicted octanol–water partition coefficient (Wildman–Crippen LogP) is 1.47. The molecule has 2 heterocycles. The van der Waals surface area contributed by atoms with Crippen LogP contribution < -0.4 is 0 Å². The van der Waals surface area contributed by atoms with Crippen molar-refractivity contribution in [1.29, 1.82) is 0 Å². The van der Waals surface area contributed by atoms with Gasteiger partial charge in [0.2, 0.25) is 10.3 Å². The number of hydrogen-bond donors (Lipinski definition) is 0. The van der Waals surface area contributed by atoms with Crippen LogP contribution in [0.15, 0.2) is 10.3 Å². The molecule has 0 spiro atoms. The quantitative estimate of drug-likeness (QED) is 0.818. The van der Waals surface area contributed by atoms with E-state index < -0.39 is 0 Å². The second kappa shape index (κ2) is 5.20. The van der Waals surface area contributed by atoms with E-state index in [0.29, 0.717) is 11.2 Å². The van der Waals surface area contributed by atoms with Gasteiger partial charge in [0.05, 0.1) is 17.4 Å². The molecule has 1 aliphatic carbocycles. The highest BCUT2D eigenvalue weighted by Gasteiger charge is 2.28. The Hall–Kier alpha value is -1.57. The first-order chi connectivity index (χ1) is 9.31. The molecule has 0 amide bonds. The van der Waals surface area contributed by atoms with Gasteiger partial charge < -0.3 is 0 Å². The summed E-state index contributed by atoms with van der Waals surface area (Å²) in [5, 5.41) is 21.5. The lowest BCUT2D eigenvalue weighted by Crippen LogP contribution is -2.05. The highest BCUT2D eigenvalue weighted by atomic mass is 32.2. The molecular formula is C11H15N7S. The van der Waals surface area contributed by atoms with E-state index in [1.807, 2.05) is 4.68 Å². The van der Waals surface area contributed by atoms with Crippen LogP contribution in [0.3, 0.4) is 0 Å². The van der Waals surface area contributed by atoms with Gasteiger partial charge in [-0.25, -0.2) is 9.67 Å². The van der Waals surface area contributed by atoms with E-state index >= 15 is 0 Å². The molecule has 1 fully saturated rings. The number of tetrazole rings is 1. The molecule has 1 aliphatic rings. The first-order valence-corrected chi connectivity index (χ1v) is 7.31. The average molecular weight is 277 g/mol. The normalized spacial score (nSPS) is 14.8. The summed E-state index contributed by atoms with van der Waals surface area (Å²) >= 11 is 1.38. The predicted molar refractivity (Wildman–Crippen MR) is 68.8 cm³/mol. The second-order valence-electron chi connectivity index (χ2n) is 4.43. The molecule has 0 aliphatic heterocycles. The van der Waals surface area contributed by atoms with Crippen molar-refractivity contribution in [2.24, 2.45) is 0 Å². The number of rotatable bonds is 5. The lowest BCUT2D eigenvalue weighted by molar-refractivity contribution is 0.564. The number of aryl methyl sites for hydroxylation is 2. The summed E-state index contributed by atoms with van der Waals surface area (Å²) in [6, 6.07) is 0.450. The highest BCUT2D eigenvalue weighted by molar-refractivity contribution is 7.99. The van der Waals surface area contributed by atoms with Crippen molar-refractivity contribution in [2.75, 3.05) is 0 Å². The molecule has 3 rings (SSSR count). The monoisotopic (exact) mass is 277 g/mol. The molecule has 0 bridgehead atoms. The molecule has 19 heavy (non-hydrogen) atoms. The molecule has 0 aromatic carbocycles. The van der Waals surface area contributed by atoms with Crippen LogP contribution in [0.1, 0.15) is 44.1 Å². The average Bonchev–Trinajstić information content (AvgIpc) is 3.19. The lowest BCUT2D eigenvalue weighted by atomic mass is 10.2. The van der Waals surface area contributed by atoms with Gasteiger partial charge in [0.15, 0.2) is 0 Å². The van der Waals surface area contributed by atoms with Crippen LogP contribution in [-0.4, -0.2) is 35.4 Å². The molecular weight excluding hydrogens is 262 g/mol. The van der Waals surface area contributed by atoms with E-state index in [4.69, 9.17) is 0 Å². The third kappa shape index (κ3) is 2.58. The van der Waals surface area contributed by atoms with Gasteiger partial charge in [0.25, 0.3) is 0 Å². The molecule has 2 aromatic heterocycles. The van der Waals surface area contributed by atoms with Gasteiger partial charge in [-0.3, -0.25) is 0 Å². The summed E-state index contributed by atoms with van der Waals surface area (Å²) in [6.45, 7) is 4.14. The molecule has 7 nitrogen and oxygen atoms in total. The van der Waals surface area contributed by atoms with Crippen molar-refractivity contribution >= 4 is 11.8 Å². The Morgan fingerprint density at radius 1 is 1.11 bits per heavy atom. The van der Waals surface area contributed by atoms with Crippen LogP contribution in [0, 0.1) is 0 Å². The zero-order valence-corrected chi connectivity index (χ0v) is 11.8. The maximum Gasteiger partial charge on any atom is 0.217 e. The molecule has 0 N–H and O–H groups in total. The Morgan fingerprint density at radius 2 is 1.89 bits per heavy atom. The van der Waals surface area contributed by atoms with E-state index in [1.54, 1.807) is 0 Å². The molecule has 1 saturated carbocycles. The minimum absolute atomic E-state index is 0.450. The van der Waals surface area contributed by atoms with Crippen LogP contribution in [-0.2, 0) is 12.8 Å². The number of nitrogens with zero attached hydrogens (tertiary/aromatic N) is 7. The summed E-state index contributed by atoms with van der Waals surface area (Å²) in [5.74, 6) is 0. The molecule has 0 atom stereocenters. The fourth-order valence-electron chi connectivity index (χ4n) is 1.85. The van der Waals surface area contributed by atoms with Crippen molar-refractivity contribution in [3.05, 3.63) is 11.4 Å². The molecule has 0 radical (unpaired) electrons. The van der Waals surface area contributed by atoms with Gasteiger partial charge in [0.1, 0.15) is 0 Å². The number of hydrogen-bond acceptors (Lipinski definition) is 7. The van der Waals surface area contributed by atoms with Crippen molar-refractivity contribution in [3.8, 4) is 0 Å². The highest BCUT2D eigenvalue weighted by Crippen LogP contribution is 2.37. The van der Waals surface area contributed by atoms with E-state index in [9.17, 15) is 0 Å². The third-order valence-corrected chi connectivity index (χ3v) is 3.83. The lowest BCUT2D eigenvalue weighted by Gasteiger charge is -2.05. The van der Waals surface area contributed by atoms with Crippen LogP contribution in [0.2, 0.25) is 0 Å². The Bertz CT molecular complexity index is 578. The SMILES string of the molecule is CCc1nnc(Sc2nnnn2C2CC2)nc1CC. The van der Waals surface area contributed by atoms with E-state index in [-0.39, 0.29) is 0 Å². The Labute approximate surface area is 115 Å². The van der Waals surface area contributed by atoms with Gasteiger partial charge in [-0.2, -0.15) is 5.10 Å². The van der Waals surface area contributed by atoms with Crippen LogP contribution in [0.5, 0.6) is 0 Å². The molecule has 100 valence electrons. The van der Waals surface area contributed by atoms with Gasteiger partial charge in [-0.05, 0) is 47.9 Å². The van der Waals surface area contributed by atoms with Gasteiger partial charge in [-0.1, -0.05) is 13.8 Å². The maximum absolute atomic E-state index is 4.54. The smallest absolute Gasteiger partial charge is 0.217 e. The van der Waals surface area contributed by atoms with Crippen molar-refractivity contribution in [1.82, 2.24) is 35.4 Å². The van der Waals surface area contributed by atoms with E-state index in [1.165, 1.54) is 11.8 Å². The molecule has 0 unspecified atom stereocenters. The van der Waals surface area contributed by atoms with Crippen molar-refractivity contribution < 1.29 is 0 Å². The molecule has 0 saturated heterocycles. The Morgan fingerprint density at radius 3 is 2.58 bits per heavy atom. The summed E-state index contributed by atoms with van der Waals surface area (Å²) in [5.41, 5.74) is 1.97. The first-order valence-electron chi connectivity index (χ1n) is 6.50. The number of aromatic nitrogens is 7. The Balaban J connectivity index is 1.84. The Kier molecular flexibility index (Phi) is 3.41. The summed E-state index contributed by atoms with van der Waals surface area (Å²) < 4.78 is 1.85. The maximum atomic E-state index is 4.54. The van der Waals surface area contributed by atoms with Gasteiger partial charge in [0, 0.05) is 0 Å². The van der Waals surface area contributed by atoms with Crippen LogP contribution in [0.4, 0.5) is 0 Å². The third-order valence-electron chi connectivity index (χ3n) is 3.03. The standard InChI is InChI=1S/C11H15N7S/c1-3-8-9(4-2)13-14-10(12-8)19-11-15-16-17-18(11)7-5-6-7/h7H,3-6H2,1-2H3. The van der Waals surface area contributed by atoms with Gasteiger partial charge >= 0.3 is 0 Å². The fourth-order valence-corrected chi connectivity index (χ4v) is 2.60. The fraction of sp³-hybridized carbons (Fsp3) is 0.636.